The molecule has 0 saturated heterocycles. The van der Waals surface area contributed by atoms with Crippen molar-refractivity contribution in [3.8, 4) is 0 Å². The van der Waals surface area contributed by atoms with Crippen molar-refractivity contribution < 1.29 is 9.90 Å². The number of carbonyl (C=O) groups excluding carboxylic acids is 1. The number of carbonyl (C=O) groups is 1. The third-order valence-corrected chi connectivity index (χ3v) is 3.53. The van der Waals surface area contributed by atoms with E-state index < -0.39 is 6.10 Å². The summed E-state index contributed by atoms with van der Waals surface area (Å²) >= 11 is 0. The number of hydrogen-bond acceptors (Lipinski definition) is 2. The first-order valence-electron chi connectivity index (χ1n) is 6.37. The molecular formula is C16H15NO2. The molecule has 1 aliphatic rings. The van der Waals surface area contributed by atoms with E-state index in [0.717, 1.165) is 11.1 Å². The Bertz CT molecular complexity index is 595. The molecule has 0 heterocycles. The van der Waals surface area contributed by atoms with Crippen LogP contribution in [0, 0.1) is 0 Å². The van der Waals surface area contributed by atoms with Gasteiger partial charge in [-0.2, -0.15) is 0 Å². The zero-order valence-corrected chi connectivity index (χ0v) is 10.4. The maximum absolute atomic E-state index is 12.1. The van der Waals surface area contributed by atoms with Crippen LogP contribution in [-0.4, -0.2) is 17.1 Å². The first-order chi connectivity index (χ1) is 9.25. The standard InChI is InChI=1S/C16H15NO2/c18-14-10-12-8-4-5-9-13(12)15(14)17-16(19)11-6-2-1-3-7-11/h1-9,14-15,18H,10H2,(H,17,19)/t14-,15-/m1/s1. The first-order valence-corrected chi connectivity index (χ1v) is 6.37. The topological polar surface area (TPSA) is 49.3 Å². The number of aliphatic hydroxyl groups excluding tert-OH is 1. The highest BCUT2D eigenvalue weighted by molar-refractivity contribution is 5.94. The quantitative estimate of drug-likeness (QED) is 0.860. The minimum absolute atomic E-state index is 0.152. The van der Waals surface area contributed by atoms with E-state index in [4.69, 9.17) is 0 Å². The SMILES string of the molecule is O=C(N[C@@H]1c2ccccc2C[C@H]1O)c1ccccc1. The third kappa shape index (κ3) is 2.25. The Morgan fingerprint density at radius 2 is 1.74 bits per heavy atom. The predicted molar refractivity (Wildman–Crippen MR) is 72.8 cm³/mol. The Labute approximate surface area is 111 Å². The number of hydrogen-bond donors (Lipinski definition) is 2. The molecule has 3 rings (SSSR count). The van der Waals surface area contributed by atoms with Gasteiger partial charge >= 0.3 is 0 Å². The van der Waals surface area contributed by atoms with Crippen LogP contribution in [0.3, 0.4) is 0 Å². The molecule has 1 amide bonds. The smallest absolute Gasteiger partial charge is 0.251 e. The van der Waals surface area contributed by atoms with Gasteiger partial charge in [0.05, 0.1) is 12.1 Å². The highest BCUT2D eigenvalue weighted by Crippen LogP contribution is 2.31. The van der Waals surface area contributed by atoms with E-state index in [1.54, 1.807) is 12.1 Å². The van der Waals surface area contributed by atoms with E-state index in [9.17, 15) is 9.90 Å². The number of nitrogens with one attached hydrogen (secondary N) is 1. The zero-order chi connectivity index (χ0) is 13.2. The summed E-state index contributed by atoms with van der Waals surface area (Å²) in [5, 5.41) is 13.0. The van der Waals surface area contributed by atoms with E-state index in [2.05, 4.69) is 5.32 Å². The number of amides is 1. The van der Waals surface area contributed by atoms with Gasteiger partial charge in [0.1, 0.15) is 0 Å². The molecule has 0 fully saturated rings. The largest absolute Gasteiger partial charge is 0.390 e. The summed E-state index contributed by atoms with van der Waals surface area (Å²) in [5.74, 6) is -0.152. The molecule has 1 aliphatic carbocycles. The summed E-state index contributed by atoms with van der Waals surface area (Å²) in [6.07, 6.45) is 0.0423. The number of rotatable bonds is 2. The molecular weight excluding hydrogens is 238 g/mol. The van der Waals surface area contributed by atoms with Gasteiger partial charge in [-0.15, -0.1) is 0 Å². The fourth-order valence-corrected chi connectivity index (χ4v) is 2.56. The van der Waals surface area contributed by atoms with Crippen molar-refractivity contribution in [2.24, 2.45) is 0 Å². The molecule has 0 unspecified atom stereocenters. The highest BCUT2D eigenvalue weighted by Gasteiger charge is 2.31. The average Bonchev–Trinajstić information content (AvgIpc) is 2.76. The van der Waals surface area contributed by atoms with E-state index in [1.807, 2.05) is 42.5 Å². The average molecular weight is 253 g/mol. The fourth-order valence-electron chi connectivity index (χ4n) is 2.56. The van der Waals surface area contributed by atoms with Crippen LogP contribution in [0.4, 0.5) is 0 Å². The molecule has 96 valence electrons. The molecule has 2 aromatic carbocycles. The van der Waals surface area contributed by atoms with Crippen LogP contribution in [-0.2, 0) is 6.42 Å². The maximum atomic E-state index is 12.1. The molecule has 2 atom stereocenters. The van der Waals surface area contributed by atoms with Gasteiger partial charge in [0.2, 0.25) is 0 Å². The Balaban J connectivity index is 1.82. The van der Waals surface area contributed by atoms with Crippen LogP contribution < -0.4 is 5.32 Å². The lowest BCUT2D eigenvalue weighted by atomic mass is 10.1. The van der Waals surface area contributed by atoms with Gasteiger partial charge in [-0.1, -0.05) is 42.5 Å². The molecule has 3 heteroatoms. The summed E-state index contributed by atoms with van der Waals surface area (Å²) in [4.78, 5) is 12.1. The van der Waals surface area contributed by atoms with Gasteiger partial charge in [-0.25, -0.2) is 0 Å². The second-order valence-corrected chi connectivity index (χ2v) is 4.79. The summed E-state index contributed by atoms with van der Waals surface area (Å²) in [5.41, 5.74) is 2.73. The van der Waals surface area contributed by atoms with Crippen LogP contribution in [0.2, 0.25) is 0 Å². The predicted octanol–water partition coefficient (Wildman–Crippen LogP) is 2.07. The Morgan fingerprint density at radius 1 is 1.05 bits per heavy atom. The summed E-state index contributed by atoms with van der Waals surface area (Å²) in [6.45, 7) is 0. The molecule has 0 aromatic heterocycles. The van der Waals surface area contributed by atoms with Crippen LogP contribution >= 0.6 is 0 Å². The third-order valence-electron chi connectivity index (χ3n) is 3.53. The normalized spacial score (nSPS) is 20.9. The van der Waals surface area contributed by atoms with Crippen LogP contribution in [0.1, 0.15) is 27.5 Å². The molecule has 3 nitrogen and oxygen atoms in total. The monoisotopic (exact) mass is 253 g/mol. The molecule has 2 aromatic rings. The van der Waals surface area contributed by atoms with Crippen molar-refractivity contribution in [1.82, 2.24) is 5.32 Å². The lowest BCUT2D eigenvalue weighted by molar-refractivity contribution is 0.0858. The molecule has 0 radical (unpaired) electrons. The Morgan fingerprint density at radius 3 is 2.53 bits per heavy atom. The minimum Gasteiger partial charge on any atom is -0.390 e. The fraction of sp³-hybridized carbons (Fsp3) is 0.188. The van der Waals surface area contributed by atoms with E-state index in [-0.39, 0.29) is 11.9 Å². The Hall–Kier alpha value is -2.13. The maximum Gasteiger partial charge on any atom is 0.251 e. The summed E-state index contributed by atoms with van der Waals surface area (Å²) in [6, 6.07) is 16.6. The highest BCUT2D eigenvalue weighted by atomic mass is 16.3. The van der Waals surface area contributed by atoms with Gasteiger partial charge in [0.25, 0.3) is 5.91 Å². The summed E-state index contributed by atoms with van der Waals surface area (Å²) in [7, 11) is 0. The van der Waals surface area contributed by atoms with E-state index in [1.165, 1.54) is 0 Å². The van der Waals surface area contributed by atoms with Crippen molar-refractivity contribution in [3.63, 3.8) is 0 Å². The van der Waals surface area contributed by atoms with Crippen molar-refractivity contribution in [2.75, 3.05) is 0 Å². The summed E-state index contributed by atoms with van der Waals surface area (Å²) < 4.78 is 0. The van der Waals surface area contributed by atoms with Gasteiger partial charge in [0.15, 0.2) is 0 Å². The van der Waals surface area contributed by atoms with Crippen molar-refractivity contribution in [2.45, 2.75) is 18.6 Å². The second-order valence-electron chi connectivity index (χ2n) is 4.79. The van der Waals surface area contributed by atoms with Crippen molar-refractivity contribution in [1.29, 1.82) is 0 Å². The molecule has 2 N–H and O–H groups in total. The number of aliphatic hydroxyl groups is 1. The molecule has 0 bridgehead atoms. The van der Waals surface area contributed by atoms with Crippen LogP contribution in [0.25, 0.3) is 0 Å². The first kappa shape index (κ1) is 11.9. The van der Waals surface area contributed by atoms with Crippen molar-refractivity contribution in [3.05, 3.63) is 71.3 Å². The molecule has 19 heavy (non-hydrogen) atoms. The lowest BCUT2D eigenvalue weighted by Crippen LogP contribution is -2.33. The van der Waals surface area contributed by atoms with Gasteiger partial charge < -0.3 is 10.4 Å². The van der Waals surface area contributed by atoms with Crippen LogP contribution in [0.15, 0.2) is 54.6 Å². The lowest BCUT2D eigenvalue weighted by Gasteiger charge is -2.18. The second kappa shape index (κ2) is 4.86. The zero-order valence-electron chi connectivity index (χ0n) is 10.4. The molecule has 0 aliphatic heterocycles. The number of fused-ring (bicyclic) bond motifs is 1. The number of benzene rings is 2. The molecule has 0 spiro atoms. The van der Waals surface area contributed by atoms with Gasteiger partial charge in [0, 0.05) is 12.0 Å². The van der Waals surface area contributed by atoms with Gasteiger partial charge in [-0.3, -0.25) is 4.79 Å². The molecule has 0 saturated carbocycles. The minimum atomic E-state index is -0.551. The van der Waals surface area contributed by atoms with Crippen molar-refractivity contribution >= 4 is 5.91 Å². The van der Waals surface area contributed by atoms with Gasteiger partial charge in [-0.05, 0) is 23.3 Å². The van der Waals surface area contributed by atoms with E-state index >= 15 is 0 Å². The Kier molecular flexibility index (Phi) is 3.05. The van der Waals surface area contributed by atoms with E-state index in [0.29, 0.717) is 12.0 Å². The van der Waals surface area contributed by atoms with Crippen LogP contribution in [0.5, 0.6) is 0 Å².